The van der Waals surface area contributed by atoms with E-state index in [4.69, 9.17) is 18.9 Å². The zero-order chi connectivity index (χ0) is 33.9. The summed E-state index contributed by atoms with van der Waals surface area (Å²) in [7, 11) is 2.42. The van der Waals surface area contributed by atoms with Gasteiger partial charge >= 0.3 is 11.9 Å². The van der Waals surface area contributed by atoms with Gasteiger partial charge in [-0.2, -0.15) is 0 Å². The summed E-state index contributed by atoms with van der Waals surface area (Å²) in [5, 5.41) is 0. The molecule has 5 aromatic carbocycles. The quantitative estimate of drug-likeness (QED) is 0.0946. The Morgan fingerprint density at radius 3 is 1.48 bits per heavy atom. The van der Waals surface area contributed by atoms with Crippen LogP contribution >= 0.6 is 0 Å². The number of ether oxygens (including phenoxy) is 4. The first-order valence-corrected chi connectivity index (χ1v) is 15.4. The third kappa shape index (κ3) is 8.03. The van der Waals surface area contributed by atoms with Gasteiger partial charge in [-0.05, 0) is 35.4 Å². The lowest BCUT2D eigenvalue weighted by molar-refractivity contribution is 0.0550. The fourth-order valence-corrected chi connectivity index (χ4v) is 5.20. The standard InChI is InChI=1S/C40H34O8/c1-45-39(43)33-19-20-34(47-23-21-27-11-9-17-31(25-27)36(41)29-13-5-3-6-14-29)38(35(33)40(44)46-2)48-24-22-28-12-10-18-32(26-28)37(42)30-15-7-4-8-16-30/h3-20,25-26H,21-24H2,1-2H3. The Morgan fingerprint density at radius 2 is 0.979 bits per heavy atom. The molecule has 0 aromatic heterocycles. The third-order valence-electron chi connectivity index (χ3n) is 7.65. The van der Waals surface area contributed by atoms with Gasteiger partial charge in [-0.25, -0.2) is 9.59 Å². The van der Waals surface area contributed by atoms with Gasteiger partial charge in [0.05, 0.1) is 33.0 Å². The molecule has 0 fully saturated rings. The summed E-state index contributed by atoms with van der Waals surface area (Å²) in [5.41, 5.74) is 3.86. The minimum absolute atomic E-state index is 0.0331. The van der Waals surface area contributed by atoms with Crippen molar-refractivity contribution in [2.45, 2.75) is 12.8 Å². The normalized spacial score (nSPS) is 10.5. The van der Waals surface area contributed by atoms with Crippen LogP contribution in [0.4, 0.5) is 0 Å². The second kappa shape index (κ2) is 16.0. The van der Waals surface area contributed by atoms with Crippen LogP contribution in [-0.2, 0) is 22.3 Å². The van der Waals surface area contributed by atoms with Crippen molar-refractivity contribution in [3.8, 4) is 11.5 Å². The fraction of sp³-hybridized carbons (Fsp3) is 0.150. The summed E-state index contributed by atoms with van der Waals surface area (Å²) in [4.78, 5) is 51.6. The molecule has 5 aromatic rings. The number of rotatable bonds is 14. The van der Waals surface area contributed by atoms with E-state index < -0.39 is 11.9 Å². The van der Waals surface area contributed by atoms with Gasteiger partial charge in [0.15, 0.2) is 23.1 Å². The largest absolute Gasteiger partial charge is 0.489 e. The first-order chi connectivity index (χ1) is 23.4. The molecule has 0 bridgehead atoms. The van der Waals surface area contributed by atoms with Crippen molar-refractivity contribution in [2.75, 3.05) is 27.4 Å². The Hall–Kier alpha value is -6.02. The molecular formula is C40H34O8. The predicted octanol–water partition coefficient (Wildman–Crippen LogP) is 6.96. The van der Waals surface area contributed by atoms with Gasteiger partial charge in [0, 0.05) is 35.1 Å². The number of hydrogen-bond donors (Lipinski definition) is 0. The van der Waals surface area contributed by atoms with Crippen LogP contribution in [0, 0.1) is 0 Å². The van der Waals surface area contributed by atoms with E-state index in [1.165, 1.54) is 20.3 Å². The molecule has 0 amide bonds. The van der Waals surface area contributed by atoms with Crippen molar-refractivity contribution in [3.63, 3.8) is 0 Å². The molecule has 0 radical (unpaired) electrons. The molecular weight excluding hydrogens is 608 g/mol. The van der Waals surface area contributed by atoms with Gasteiger partial charge in [-0.15, -0.1) is 0 Å². The van der Waals surface area contributed by atoms with E-state index >= 15 is 0 Å². The first kappa shape index (κ1) is 33.3. The number of carbonyl (C=O) groups excluding carboxylic acids is 4. The second-order valence-electron chi connectivity index (χ2n) is 10.8. The number of methoxy groups -OCH3 is 2. The highest BCUT2D eigenvalue weighted by Gasteiger charge is 2.27. The fourth-order valence-electron chi connectivity index (χ4n) is 5.20. The molecule has 0 aliphatic carbocycles. The number of carbonyl (C=O) groups is 4. The van der Waals surface area contributed by atoms with Crippen molar-refractivity contribution >= 4 is 23.5 Å². The van der Waals surface area contributed by atoms with E-state index in [1.54, 1.807) is 54.6 Å². The molecule has 0 aliphatic rings. The zero-order valence-electron chi connectivity index (χ0n) is 26.6. The van der Waals surface area contributed by atoms with E-state index in [0.717, 1.165) is 11.1 Å². The summed E-state index contributed by atoms with van der Waals surface area (Å²) >= 11 is 0. The van der Waals surface area contributed by atoms with Crippen LogP contribution in [0.2, 0.25) is 0 Å². The number of esters is 2. The van der Waals surface area contributed by atoms with Gasteiger partial charge in [0.25, 0.3) is 0 Å². The lowest BCUT2D eigenvalue weighted by atomic mass is 10.0. The van der Waals surface area contributed by atoms with Crippen molar-refractivity contribution in [1.29, 1.82) is 0 Å². The predicted molar refractivity (Wildman–Crippen MR) is 180 cm³/mol. The van der Waals surface area contributed by atoms with Crippen LogP contribution in [0.25, 0.3) is 0 Å². The molecule has 242 valence electrons. The molecule has 0 unspecified atom stereocenters. The van der Waals surface area contributed by atoms with Crippen molar-refractivity contribution < 1.29 is 38.1 Å². The van der Waals surface area contributed by atoms with Gasteiger partial charge in [-0.1, -0.05) is 97.1 Å². The maximum atomic E-state index is 13.0. The van der Waals surface area contributed by atoms with Crippen LogP contribution in [0.3, 0.4) is 0 Å². The Bertz CT molecular complexity index is 1920. The Kier molecular flexibility index (Phi) is 11.1. The SMILES string of the molecule is COC(=O)c1ccc(OCCc2cccc(C(=O)c3ccccc3)c2)c(OCCc2cccc(C(=O)c3ccccc3)c2)c1C(=O)OC. The molecule has 0 spiro atoms. The Morgan fingerprint density at radius 1 is 0.500 bits per heavy atom. The Balaban J connectivity index is 1.34. The average Bonchev–Trinajstić information content (AvgIpc) is 3.14. The van der Waals surface area contributed by atoms with Crippen molar-refractivity contribution in [2.24, 2.45) is 0 Å². The maximum absolute atomic E-state index is 13.0. The zero-order valence-corrected chi connectivity index (χ0v) is 26.6. The summed E-state index contributed by atoms with van der Waals surface area (Å²) in [6.45, 7) is 0.277. The van der Waals surface area contributed by atoms with Gasteiger partial charge in [0.1, 0.15) is 5.56 Å². The van der Waals surface area contributed by atoms with Crippen LogP contribution < -0.4 is 9.47 Å². The van der Waals surface area contributed by atoms with Crippen molar-refractivity contribution in [3.05, 3.63) is 166 Å². The minimum Gasteiger partial charge on any atom is -0.489 e. The lowest BCUT2D eigenvalue weighted by Crippen LogP contribution is -2.16. The highest BCUT2D eigenvalue weighted by Crippen LogP contribution is 2.35. The van der Waals surface area contributed by atoms with Crippen LogP contribution in [0.1, 0.15) is 63.7 Å². The molecule has 0 saturated heterocycles. The average molecular weight is 643 g/mol. The molecule has 0 saturated carbocycles. The topological polar surface area (TPSA) is 105 Å². The van der Waals surface area contributed by atoms with Gasteiger partial charge < -0.3 is 18.9 Å². The number of ketones is 2. The van der Waals surface area contributed by atoms with Crippen LogP contribution in [0.5, 0.6) is 11.5 Å². The van der Waals surface area contributed by atoms with E-state index in [1.807, 2.05) is 60.7 Å². The van der Waals surface area contributed by atoms with E-state index in [9.17, 15) is 19.2 Å². The third-order valence-corrected chi connectivity index (χ3v) is 7.65. The molecule has 0 aliphatic heterocycles. The lowest BCUT2D eigenvalue weighted by Gasteiger charge is -2.18. The van der Waals surface area contributed by atoms with Crippen LogP contribution in [0.15, 0.2) is 121 Å². The maximum Gasteiger partial charge on any atom is 0.342 e. The summed E-state index contributed by atoms with van der Waals surface area (Å²) < 4.78 is 22.2. The summed E-state index contributed by atoms with van der Waals surface area (Å²) in [6.07, 6.45) is 0.838. The molecule has 0 atom stereocenters. The second-order valence-corrected chi connectivity index (χ2v) is 10.8. The highest BCUT2D eigenvalue weighted by molar-refractivity contribution is 6.09. The van der Waals surface area contributed by atoms with Gasteiger partial charge in [-0.3, -0.25) is 9.59 Å². The van der Waals surface area contributed by atoms with E-state index in [-0.39, 0.29) is 47.4 Å². The van der Waals surface area contributed by atoms with Gasteiger partial charge in [0.2, 0.25) is 0 Å². The monoisotopic (exact) mass is 642 g/mol. The number of hydrogen-bond acceptors (Lipinski definition) is 8. The molecule has 0 heterocycles. The number of benzene rings is 5. The van der Waals surface area contributed by atoms with E-state index in [0.29, 0.717) is 35.1 Å². The van der Waals surface area contributed by atoms with E-state index in [2.05, 4.69) is 0 Å². The summed E-state index contributed by atoms with van der Waals surface area (Å²) in [5.74, 6) is -1.44. The van der Waals surface area contributed by atoms with Crippen LogP contribution in [-0.4, -0.2) is 50.9 Å². The Labute approximate surface area is 278 Å². The molecule has 48 heavy (non-hydrogen) atoms. The first-order valence-electron chi connectivity index (χ1n) is 15.4. The summed E-state index contributed by atoms with van der Waals surface area (Å²) in [6, 6.07) is 35.6. The van der Waals surface area contributed by atoms with Crippen molar-refractivity contribution in [1.82, 2.24) is 0 Å². The molecule has 0 N–H and O–H groups in total. The minimum atomic E-state index is -0.793. The molecule has 5 rings (SSSR count). The highest BCUT2D eigenvalue weighted by atomic mass is 16.5. The smallest absolute Gasteiger partial charge is 0.342 e. The molecule has 8 nitrogen and oxygen atoms in total. The molecule has 8 heteroatoms.